The molecule has 0 aromatic heterocycles. The van der Waals surface area contributed by atoms with E-state index < -0.39 is 0 Å². The summed E-state index contributed by atoms with van der Waals surface area (Å²) in [6, 6.07) is 7.87. The highest BCUT2D eigenvalue weighted by Crippen LogP contribution is 2.12. The number of carbonyl (C=O) groups excluding carboxylic acids is 1. The van der Waals surface area contributed by atoms with Crippen molar-refractivity contribution in [2.45, 2.75) is 33.1 Å². The van der Waals surface area contributed by atoms with Gasteiger partial charge in [0.2, 0.25) is 5.91 Å². The fraction of sp³-hybridized carbons (Fsp3) is 0.588. The Morgan fingerprint density at radius 3 is 2.43 bits per heavy atom. The zero-order chi connectivity index (χ0) is 15.5. The third-order valence-corrected chi connectivity index (χ3v) is 3.67. The first-order valence-corrected chi connectivity index (χ1v) is 7.81. The highest BCUT2D eigenvalue weighted by atomic mass is 16.5. The minimum atomic E-state index is 0.130. The molecule has 0 heterocycles. The number of methoxy groups -OCH3 is 1. The molecule has 0 saturated heterocycles. The maximum atomic E-state index is 11.8. The van der Waals surface area contributed by atoms with Crippen LogP contribution in [0.25, 0.3) is 0 Å². The quantitative estimate of drug-likeness (QED) is 0.674. The molecule has 0 aliphatic carbocycles. The summed E-state index contributed by atoms with van der Waals surface area (Å²) in [5.41, 5.74) is 1.16. The summed E-state index contributed by atoms with van der Waals surface area (Å²) in [7, 11) is 1.65. The molecule has 1 rings (SSSR count). The molecule has 1 aromatic rings. The van der Waals surface area contributed by atoms with Crippen molar-refractivity contribution in [2.75, 3.05) is 33.3 Å². The molecule has 0 fully saturated rings. The van der Waals surface area contributed by atoms with Crippen molar-refractivity contribution in [1.82, 2.24) is 10.2 Å². The summed E-state index contributed by atoms with van der Waals surface area (Å²) < 4.78 is 5.11. The monoisotopic (exact) mass is 292 g/mol. The van der Waals surface area contributed by atoms with Crippen LogP contribution in [0.5, 0.6) is 5.75 Å². The third kappa shape index (κ3) is 7.14. The molecule has 4 nitrogen and oxygen atoms in total. The van der Waals surface area contributed by atoms with Gasteiger partial charge in [0.25, 0.3) is 0 Å². The van der Waals surface area contributed by atoms with Gasteiger partial charge in [0.1, 0.15) is 5.75 Å². The molecule has 0 atom stereocenters. The molecule has 0 aliphatic heterocycles. The molecule has 0 radical (unpaired) electrons. The van der Waals surface area contributed by atoms with E-state index in [0.717, 1.165) is 50.3 Å². The van der Waals surface area contributed by atoms with Crippen molar-refractivity contribution in [2.24, 2.45) is 0 Å². The van der Waals surface area contributed by atoms with E-state index in [0.29, 0.717) is 6.42 Å². The van der Waals surface area contributed by atoms with Gasteiger partial charge >= 0.3 is 0 Å². The van der Waals surface area contributed by atoms with Crippen molar-refractivity contribution in [3.05, 3.63) is 29.8 Å². The minimum Gasteiger partial charge on any atom is -0.497 e. The van der Waals surface area contributed by atoms with E-state index in [-0.39, 0.29) is 5.91 Å². The highest BCUT2D eigenvalue weighted by Gasteiger charge is 2.03. The zero-order valence-corrected chi connectivity index (χ0v) is 13.5. The lowest BCUT2D eigenvalue weighted by Gasteiger charge is -2.17. The van der Waals surface area contributed by atoms with Gasteiger partial charge < -0.3 is 15.0 Å². The van der Waals surface area contributed by atoms with Crippen LogP contribution in [-0.4, -0.2) is 44.1 Å². The van der Waals surface area contributed by atoms with Crippen molar-refractivity contribution < 1.29 is 9.53 Å². The molecule has 0 spiro atoms. The molecular formula is C17H28N2O2. The normalized spacial score (nSPS) is 10.7. The molecule has 1 N–H and O–H groups in total. The third-order valence-electron chi connectivity index (χ3n) is 3.67. The first kappa shape index (κ1) is 17.5. The fourth-order valence-corrected chi connectivity index (χ4v) is 2.21. The molecule has 21 heavy (non-hydrogen) atoms. The summed E-state index contributed by atoms with van der Waals surface area (Å²) in [6.45, 7) is 8.28. The molecule has 118 valence electrons. The second-order valence-corrected chi connectivity index (χ2v) is 5.08. The van der Waals surface area contributed by atoms with E-state index in [1.54, 1.807) is 7.11 Å². The lowest BCUT2D eigenvalue weighted by Crippen LogP contribution is -2.30. The van der Waals surface area contributed by atoms with Crippen LogP contribution in [0.1, 0.15) is 32.3 Å². The Labute approximate surface area is 128 Å². The van der Waals surface area contributed by atoms with E-state index >= 15 is 0 Å². The number of hydrogen-bond donors (Lipinski definition) is 1. The smallest absolute Gasteiger partial charge is 0.220 e. The van der Waals surface area contributed by atoms with Crippen LogP contribution in [0.2, 0.25) is 0 Å². The van der Waals surface area contributed by atoms with Crippen LogP contribution < -0.4 is 10.1 Å². The largest absolute Gasteiger partial charge is 0.497 e. The number of rotatable bonds is 10. The van der Waals surface area contributed by atoms with Crippen molar-refractivity contribution in [3.63, 3.8) is 0 Å². The molecule has 0 aliphatic rings. The Balaban J connectivity index is 2.15. The van der Waals surface area contributed by atoms with E-state index in [1.165, 1.54) is 0 Å². The van der Waals surface area contributed by atoms with Crippen LogP contribution >= 0.6 is 0 Å². The average Bonchev–Trinajstić information content (AvgIpc) is 2.53. The second kappa shape index (κ2) is 10.2. The van der Waals surface area contributed by atoms with Gasteiger partial charge in [0.15, 0.2) is 0 Å². The van der Waals surface area contributed by atoms with E-state index in [9.17, 15) is 4.79 Å². The van der Waals surface area contributed by atoms with E-state index in [1.807, 2.05) is 24.3 Å². The molecule has 1 aromatic carbocycles. The number of benzene rings is 1. The van der Waals surface area contributed by atoms with Crippen molar-refractivity contribution in [3.8, 4) is 5.75 Å². The summed E-state index contributed by atoms with van der Waals surface area (Å²) in [5.74, 6) is 0.977. The van der Waals surface area contributed by atoms with Crippen molar-refractivity contribution in [1.29, 1.82) is 0 Å². The highest BCUT2D eigenvalue weighted by molar-refractivity contribution is 5.76. The zero-order valence-electron chi connectivity index (χ0n) is 13.5. The Morgan fingerprint density at radius 1 is 1.19 bits per heavy atom. The molecule has 0 bridgehead atoms. The first-order chi connectivity index (χ1) is 10.2. The van der Waals surface area contributed by atoms with Crippen LogP contribution in [0.15, 0.2) is 24.3 Å². The molecule has 1 amide bonds. The topological polar surface area (TPSA) is 41.6 Å². The minimum absolute atomic E-state index is 0.130. The molecule has 4 heteroatoms. The number of aryl methyl sites for hydroxylation is 1. The Morgan fingerprint density at radius 2 is 1.86 bits per heavy atom. The predicted octanol–water partition coefficient (Wildman–Crippen LogP) is 2.48. The number of nitrogens with one attached hydrogen (secondary N) is 1. The number of ether oxygens (including phenoxy) is 1. The summed E-state index contributed by atoms with van der Waals surface area (Å²) in [5, 5.41) is 2.99. The maximum absolute atomic E-state index is 11.8. The van der Waals surface area contributed by atoms with Gasteiger partial charge in [-0.2, -0.15) is 0 Å². The SMILES string of the molecule is CCN(CC)CCCNC(=O)CCc1ccc(OC)cc1. The lowest BCUT2D eigenvalue weighted by molar-refractivity contribution is -0.121. The van der Waals surface area contributed by atoms with Crippen LogP contribution in [0.3, 0.4) is 0 Å². The van der Waals surface area contributed by atoms with Crippen LogP contribution in [0, 0.1) is 0 Å². The number of nitrogens with zero attached hydrogens (tertiary/aromatic N) is 1. The maximum Gasteiger partial charge on any atom is 0.220 e. The summed E-state index contributed by atoms with van der Waals surface area (Å²) in [4.78, 5) is 14.1. The summed E-state index contributed by atoms with van der Waals surface area (Å²) in [6.07, 6.45) is 2.32. The second-order valence-electron chi connectivity index (χ2n) is 5.08. The van der Waals surface area contributed by atoms with E-state index in [4.69, 9.17) is 4.74 Å². The van der Waals surface area contributed by atoms with Gasteiger partial charge in [-0.15, -0.1) is 0 Å². The predicted molar refractivity (Wildman–Crippen MR) is 86.7 cm³/mol. The van der Waals surface area contributed by atoms with Gasteiger partial charge in [-0.1, -0.05) is 26.0 Å². The Hall–Kier alpha value is -1.55. The standard InChI is InChI=1S/C17H28N2O2/c1-4-19(5-2)14-6-13-18-17(20)12-9-15-7-10-16(21-3)11-8-15/h7-8,10-11H,4-6,9,12-14H2,1-3H3,(H,18,20). The Kier molecular flexibility index (Phi) is 8.51. The first-order valence-electron chi connectivity index (χ1n) is 7.81. The van der Waals surface area contributed by atoms with Gasteiger partial charge in [0, 0.05) is 13.0 Å². The lowest BCUT2D eigenvalue weighted by atomic mass is 10.1. The number of carbonyl (C=O) groups is 1. The van der Waals surface area contributed by atoms with Crippen LogP contribution in [0.4, 0.5) is 0 Å². The summed E-state index contributed by atoms with van der Waals surface area (Å²) >= 11 is 0. The fourth-order valence-electron chi connectivity index (χ4n) is 2.21. The Bertz CT molecular complexity index is 400. The molecular weight excluding hydrogens is 264 g/mol. The van der Waals surface area contributed by atoms with Gasteiger partial charge in [-0.3, -0.25) is 4.79 Å². The van der Waals surface area contributed by atoms with E-state index in [2.05, 4.69) is 24.1 Å². The van der Waals surface area contributed by atoms with Crippen molar-refractivity contribution >= 4 is 5.91 Å². The molecule has 0 saturated carbocycles. The van der Waals surface area contributed by atoms with Crippen LogP contribution in [-0.2, 0) is 11.2 Å². The van der Waals surface area contributed by atoms with Gasteiger partial charge in [-0.25, -0.2) is 0 Å². The number of hydrogen-bond acceptors (Lipinski definition) is 3. The van der Waals surface area contributed by atoms with Gasteiger partial charge in [-0.05, 0) is 50.2 Å². The molecule has 0 unspecified atom stereocenters. The average molecular weight is 292 g/mol. The number of amides is 1. The van der Waals surface area contributed by atoms with Gasteiger partial charge in [0.05, 0.1) is 7.11 Å².